The molecule has 0 saturated carbocycles. The molecule has 0 aliphatic carbocycles. The maximum Gasteiger partial charge on any atom is 0.243 e. The number of sulfonamides is 1. The molecule has 0 radical (unpaired) electrons. The number of nitrogens with zero attached hydrogens (tertiary/aromatic N) is 2. The van der Waals surface area contributed by atoms with Crippen LogP contribution in [0.5, 0.6) is 0 Å². The lowest BCUT2D eigenvalue weighted by atomic mass is 9.93. The van der Waals surface area contributed by atoms with Gasteiger partial charge in [-0.3, -0.25) is 4.79 Å². The number of fused-ring (bicyclic) bond motifs is 1. The fourth-order valence-electron chi connectivity index (χ4n) is 4.43. The maximum absolute atomic E-state index is 13.8. The Morgan fingerprint density at radius 1 is 1.11 bits per heavy atom. The molecule has 1 aromatic heterocycles. The first kappa shape index (κ1) is 27.1. The van der Waals surface area contributed by atoms with Crippen LogP contribution < -0.4 is 0 Å². The van der Waals surface area contributed by atoms with Crippen molar-refractivity contribution in [2.75, 3.05) is 19.6 Å². The van der Waals surface area contributed by atoms with E-state index in [0.29, 0.717) is 28.9 Å². The van der Waals surface area contributed by atoms with Crippen molar-refractivity contribution in [1.82, 2.24) is 9.21 Å². The number of halogens is 2. The van der Waals surface area contributed by atoms with E-state index in [9.17, 15) is 13.2 Å². The zero-order valence-corrected chi connectivity index (χ0v) is 23.7. The van der Waals surface area contributed by atoms with Gasteiger partial charge in [0.2, 0.25) is 15.9 Å². The lowest BCUT2D eigenvalue weighted by Gasteiger charge is -2.38. The van der Waals surface area contributed by atoms with Crippen molar-refractivity contribution >= 4 is 50.5 Å². The summed E-state index contributed by atoms with van der Waals surface area (Å²) >= 11 is 14.4. The highest BCUT2D eigenvalue weighted by molar-refractivity contribution is 7.89. The smallest absolute Gasteiger partial charge is 0.243 e. The average molecular weight is 566 g/mol. The van der Waals surface area contributed by atoms with Gasteiger partial charge in [0.05, 0.1) is 17.5 Å². The van der Waals surface area contributed by atoms with Gasteiger partial charge in [-0.2, -0.15) is 4.31 Å². The molecule has 2 aromatic carbocycles. The summed E-state index contributed by atoms with van der Waals surface area (Å²) in [5.41, 5.74) is 2.78. The summed E-state index contributed by atoms with van der Waals surface area (Å²) in [6.45, 7) is 6.51. The van der Waals surface area contributed by atoms with Crippen LogP contribution in [0.4, 0.5) is 0 Å². The summed E-state index contributed by atoms with van der Waals surface area (Å²) < 4.78 is 28.5. The minimum atomic E-state index is -3.85. The fraction of sp³-hybridized carbons (Fsp3) is 0.370. The molecule has 1 amide bonds. The Hall–Kier alpha value is -1.90. The summed E-state index contributed by atoms with van der Waals surface area (Å²) in [5.74, 6) is 0.0436. The molecule has 2 heterocycles. The van der Waals surface area contributed by atoms with Crippen LogP contribution in [-0.4, -0.2) is 43.2 Å². The monoisotopic (exact) mass is 564 g/mol. The predicted octanol–water partition coefficient (Wildman–Crippen LogP) is 6.57. The van der Waals surface area contributed by atoms with Gasteiger partial charge in [0.15, 0.2) is 0 Å². The first-order chi connectivity index (χ1) is 17.1. The van der Waals surface area contributed by atoms with Crippen molar-refractivity contribution < 1.29 is 13.2 Å². The molecule has 36 heavy (non-hydrogen) atoms. The van der Waals surface area contributed by atoms with Crippen molar-refractivity contribution in [3.63, 3.8) is 0 Å². The summed E-state index contributed by atoms with van der Waals surface area (Å²) in [4.78, 5) is 17.0. The SMILES string of the molecule is Cc1ccc(S(=O)(=O)N(CCC(C)C)CC(=O)N2CCc3sccc3[C@@H]2c2ccc(Cl)cc2Cl)cc1. The van der Waals surface area contributed by atoms with Gasteiger partial charge in [-0.25, -0.2) is 8.42 Å². The second-order valence-corrected chi connectivity index (χ2v) is 13.3. The van der Waals surface area contributed by atoms with Crippen molar-refractivity contribution in [2.45, 2.75) is 44.6 Å². The van der Waals surface area contributed by atoms with E-state index < -0.39 is 16.1 Å². The van der Waals surface area contributed by atoms with Crippen LogP contribution in [0, 0.1) is 12.8 Å². The van der Waals surface area contributed by atoms with E-state index >= 15 is 0 Å². The molecule has 0 spiro atoms. The number of thiophene rings is 1. The van der Waals surface area contributed by atoms with Crippen molar-refractivity contribution in [1.29, 1.82) is 0 Å². The van der Waals surface area contributed by atoms with Gasteiger partial charge < -0.3 is 4.90 Å². The molecule has 0 bridgehead atoms. The van der Waals surface area contributed by atoms with E-state index in [1.807, 2.05) is 38.3 Å². The molecule has 0 N–H and O–H groups in total. The zero-order valence-electron chi connectivity index (χ0n) is 20.6. The molecule has 5 nitrogen and oxygen atoms in total. The molecule has 0 fully saturated rings. The van der Waals surface area contributed by atoms with Crippen LogP contribution in [0.15, 0.2) is 58.8 Å². The van der Waals surface area contributed by atoms with Gasteiger partial charge in [-0.15, -0.1) is 11.3 Å². The first-order valence-corrected chi connectivity index (χ1v) is 15.0. The number of carbonyl (C=O) groups is 1. The number of carbonyl (C=O) groups excluding carboxylic acids is 1. The second-order valence-electron chi connectivity index (χ2n) is 9.54. The third-order valence-corrected chi connectivity index (χ3v) is 9.89. The lowest BCUT2D eigenvalue weighted by Crippen LogP contribution is -2.47. The van der Waals surface area contributed by atoms with E-state index in [1.54, 1.807) is 52.6 Å². The number of hydrogen-bond donors (Lipinski definition) is 0. The molecule has 192 valence electrons. The van der Waals surface area contributed by atoms with Gasteiger partial charge in [-0.05, 0) is 72.5 Å². The highest BCUT2D eigenvalue weighted by atomic mass is 35.5. The molecule has 0 unspecified atom stereocenters. The number of amides is 1. The van der Waals surface area contributed by atoms with Gasteiger partial charge >= 0.3 is 0 Å². The minimum Gasteiger partial charge on any atom is -0.330 e. The Kier molecular flexibility index (Phi) is 8.47. The van der Waals surface area contributed by atoms with E-state index in [0.717, 1.165) is 23.1 Å². The van der Waals surface area contributed by atoms with Crippen molar-refractivity contribution in [3.05, 3.63) is 85.5 Å². The number of benzene rings is 2. The Balaban J connectivity index is 1.68. The molecular formula is C27H30Cl2N2O3S2. The standard InChI is InChI=1S/C27H30Cl2N2O3S2/c1-18(2)10-13-30(36(33,34)21-7-4-19(3)5-8-21)17-26(32)31-14-11-25-23(12-15-35-25)27(31)22-9-6-20(28)16-24(22)29/h4-9,12,15-16,18,27H,10-11,13-14,17H2,1-3H3/t27-/m0/s1. The summed E-state index contributed by atoms with van der Waals surface area (Å²) in [6, 6.07) is 13.7. The van der Waals surface area contributed by atoms with E-state index in [4.69, 9.17) is 23.2 Å². The Bertz CT molecular complexity index is 1340. The normalized spacial score (nSPS) is 16.0. The molecule has 9 heteroatoms. The summed E-state index contributed by atoms with van der Waals surface area (Å²) in [6.07, 6.45) is 1.37. The highest BCUT2D eigenvalue weighted by Crippen LogP contribution is 2.41. The largest absolute Gasteiger partial charge is 0.330 e. The van der Waals surface area contributed by atoms with Crippen LogP contribution in [0.3, 0.4) is 0 Å². The Labute approximate surface area is 227 Å². The topological polar surface area (TPSA) is 57.7 Å². The molecule has 1 aliphatic rings. The van der Waals surface area contributed by atoms with Gasteiger partial charge in [0.25, 0.3) is 0 Å². The molecule has 4 rings (SSSR count). The minimum absolute atomic E-state index is 0.195. The van der Waals surface area contributed by atoms with Crippen LogP contribution >= 0.6 is 34.5 Å². The van der Waals surface area contributed by atoms with E-state index in [1.165, 1.54) is 9.18 Å². The maximum atomic E-state index is 13.8. The quantitative estimate of drug-likeness (QED) is 0.310. The molecular weight excluding hydrogens is 535 g/mol. The Morgan fingerprint density at radius 2 is 1.83 bits per heavy atom. The number of hydrogen-bond acceptors (Lipinski definition) is 4. The number of rotatable bonds is 8. The first-order valence-electron chi connectivity index (χ1n) is 12.0. The molecule has 1 atom stereocenters. The van der Waals surface area contributed by atoms with Crippen LogP contribution in [-0.2, 0) is 21.2 Å². The van der Waals surface area contributed by atoms with Crippen molar-refractivity contribution in [2.24, 2.45) is 5.92 Å². The average Bonchev–Trinajstić information content (AvgIpc) is 3.30. The van der Waals surface area contributed by atoms with E-state index in [2.05, 4.69) is 0 Å². The van der Waals surface area contributed by atoms with Gasteiger partial charge in [-0.1, -0.05) is 60.8 Å². The van der Waals surface area contributed by atoms with Crippen molar-refractivity contribution in [3.8, 4) is 0 Å². The zero-order chi connectivity index (χ0) is 26.0. The highest BCUT2D eigenvalue weighted by Gasteiger charge is 2.36. The van der Waals surface area contributed by atoms with Crippen LogP contribution in [0.25, 0.3) is 0 Å². The van der Waals surface area contributed by atoms with Crippen LogP contribution in [0.2, 0.25) is 10.0 Å². The van der Waals surface area contributed by atoms with Gasteiger partial charge in [0, 0.05) is 28.0 Å². The third kappa shape index (κ3) is 5.81. The van der Waals surface area contributed by atoms with E-state index in [-0.39, 0.29) is 23.9 Å². The molecule has 1 aliphatic heterocycles. The summed E-state index contributed by atoms with van der Waals surface area (Å²) in [5, 5.41) is 3.02. The van der Waals surface area contributed by atoms with Crippen LogP contribution in [0.1, 0.15) is 47.9 Å². The predicted molar refractivity (Wildman–Crippen MR) is 147 cm³/mol. The fourth-order valence-corrected chi connectivity index (χ4v) is 7.25. The Morgan fingerprint density at radius 3 is 2.50 bits per heavy atom. The number of aryl methyl sites for hydroxylation is 1. The second kappa shape index (κ2) is 11.2. The lowest BCUT2D eigenvalue weighted by molar-refractivity contribution is -0.133. The van der Waals surface area contributed by atoms with Gasteiger partial charge in [0.1, 0.15) is 0 Å². The third-order valence-electron chi connectivity index (χ3n) is 6.47. The summed E-state index contributed by atoms with van der Waals surface area (Å²) in [7, 11) is -3.85. The molecule has 3 aromatic rings. The molecule has 0 saturated heterocycles.